The van der Waals surface area contributed by atoms with Gasteiger partial charge in [0.2, 0.25) is 11.8 Å². The first-order valence-electron chi connectivity index (χ1n) is 11.9. The molecule has 3 heterocycles. The maximum Gasteiger partial charge on any atom is 0.251 e. The number of aliphatic hydroxyl groups is 1. The predicted molar refractivity (Wildman–Crippen MR) is 139 cm³/mol. The molecule has 188 valence electrons. The monoisotopic (exact) mass is 517 g/mol. The lowest BCUT2D eigenvalue weighted by Crippen LogP contribution is -2.58. The highest BCUT2D eigenvalue weighted by Gasteiger charge is 2.76. The van der Waals surface area contributed by atoms with Crippen LogP contribution in [-0.2, 0) is 14.4 Å². The first-order valence-corrected chi connectivity index (χ1v) is 13.1. The molecule has 35 heavy (non-hydrogen) atoms. The van der Waals surface area contributed by atoms with Gasteiger partial charge < -0.3 is 19.8 Å². The summed E-state index contributed by atoms with van der Waals surface area (Å²) in [7, 11) is 1.72. The van der Waals surface area contributed by atoms with E-state index >= 15 is 0 Å². The minimum atomic E-state index is -0.823. The van der Waals surface area contributed by atoms with Crippen LogP contribution in [0.1, 0.15) is 13.3 Å². The van der Waals surface area contributed by atoms with Gasteiger partial charge >= 0.3 is 0 Å². The zero-order chi connectivity index (χ0) is 25.5. The molecule has 3 fully saturated rings. The van der Waals surface area contributed by atoms with Crippen LogP contribution >= 0.6 is 23.4 Å². The number of rotatable bonds is 9. The van der Waals surface area contributed by atoms with Crippen LogP contribution in [0.25, 0.3) is 0 Å². The summed E-state index contributed by atoms with van der Waals surface area (Å²) >= 11 is 8.08. The van der Waals surface area contributed by atoms with Crippen LogP contribution < -0.4 is 4.90 Å². The van der Waals surface area contributed by atoms with Gasteiger partial charge in [-0.25, -0.2) is 0 Å². The topological polar surface area (TPSA) is 81.2 Å². The van der Waals surface area contributed by atoms with E-state index in [1.54, 1.807) is 65.0 Å². The molecule has 0 radical (unpaired) electrons. The van der Waals surface area contributed by atoms with Gasteiger partial charge in [-0.15, -0.1) is 24.9 Å². The third kappa shape index (κ3) is 3.90. The number of thioether (sulfide) groups is 1. The molecule has 7 nitrogen and oxygen atoms in total. The van der Waals surface area contributed by atoms with Crippen molar-refractivity contribution in [2.45, 2.75) is 29.4 Å². The van der Waals surface area contributed by atoms with Crippen molar-refractivity contribution < 1.29 is 19.5 Å². The van der Waals surface area contributed by atoms with E-state index in [0.717, 1.165) is 6.42 Å². The number of carbonyl (C=O) groups is 3. The van der Waals surface area contributed by atoms with Crippen LogP contribution in [0.2, 0.25) is 5.02 Å². The summed E-state index contributed by atoms with van der Waals surface area (Å²) in [5.74, 6) is -1.70. The molecule has 9 heteroatoms. The number of carbonyl (C=O) groups excluding carboxylic acids is 3. The normalized spacial score (nSPS) is 30.8. The Morgan fingerprint density at radius 1 is 1.26 bits per heavy atom. The van der Waals surface area contributed by atoms with E-state index in [4.69, 9.17) is 11.6 Å². The zero-order valence-electron chi connectivity index (χ0n) is 20.1. The molecular formula is C26H32ClN3O4S. The molecule has 1 aromatic rings. The minimum absolute atomic E-state index is 0.0271. The first kappa shape index (κ1) is 25.8. The second kappa shape index (κ2) is 9.99. The number of fused-ring (bicyclic) bond motifs is 1. The molecule has 1 N–H and O–H groups in total. The van der Waals surface area contributed by atoms with Crippen molar-refractivity contribution in [1.82, 2.24) is 9.80 Å². The van der Waals surface area contributed by atoms with E-state index in [2.05, 4.69) is 20.1 Å². The van der Waals surface area contributed by atoms with Gasteiger partial charge in [0.1, 0.15) is 6.04 Å². The van der Waals surface area contributed by atoms with Crippen LogP contribution in [0.5, 0.6) is 0 Å². The van der Waals surface area contributed by atoms with Crippen molar-refractivity contribution in [1.29, 1.82) is 0 Å². The number of aliphatic hydroxyl groups excluding tert-OH is 1. The third-order valence-electron chi connectivity index (χ3n) is 7.61. The SMILES string of the molecule is C=CCN(C)C(=O)[C@@H]1[C@H]2C(=O)N(CCO)C(C(=O)N(CC=C)c3ccccc3Cl)C23S[C@@H]1CC3C. The van der Waals surface area contributed by atoms with Gasteiger partial charge in [-0.3, -0.25) is 14.4 Å². The second-order valence-electron chi connectivity index (χ2n) is 9.50. The van der Waals surface area contributed by atoms with E-state index in [9.17, 15) is 19.5 Å². The van der Waals surface area contributed by atoms with Crippen LogP contribution in [0.4, 0.5) is 5.69 Å². The Balaban J connectivity index is 1.81. The minimum Gasteiger partial charge on any atom is -0.395 e. The molecular weight excluding hydrogens is 486 g/mol. The molecule has 0 saturated carbocycles. The number of hydrogen-bond acceptors (Lipinski definition) is 5. The lowest BCUT2D eigenvalue weighted by molar-refractivity contribution is -0.143. The Hall–Kier alpha value is -2.29. The van der Waals surface area contributed by atoms with Crippen molar-refractivity contribution in [2.24, 2.45) is 17.8 Å². The molecule has 3 unspecified atom stereocenters. The highest BCUT2D eigenvalue weighted by molar-refractivity contribution is 8.02. The smallest absolute Gasteiger partial charge is 0.251 e. The fourth-order valence-electron chi connectivity index (χ4n) is 6.22. The van der Waals surface area contributed by atoms with E-state index in [0.29, 0.717) is 17.3 Å². The van der Waals surface area contributed by atoms with Gasteiger partial charge in [0, 0.05) is 31.9 Å². The number of likely N-dealkylation sites (N-methyl/N-ethyl adjacent to an activating group) is 1. The first-order chi connectivity index (χ1) is 16.7. The lowest BCUT2D eigenvalue weighted by Gasteiger charge is -2.41. The Kier molecular flexibility index (Phi) is 7.36. The van der Waals surface area contributed by atoms with Crippen LogP contribution in [0.3, 0.4) is 0 Å². The largest absolute Gasteiger partial charge is 0.395 e. The van der Waals surface area contributed by atoms with Gasteiger partial charge in [-0.1, -0.05) is 42.8 Å². The molecule has 1 aromatic carbocycles. The molecule has 1 spiro atoms. The van der Waals surface area contributed by atoms with Crippen molar-refractivity contribution in [2.75, 3.05) is 38.2 Å². The number of amides is 3. The molecule has 3 aliphatic rings. The van der Waals surface area contributed by atoms with Gasteiger partial charge in [-0.2, -0.15) is 0 Å². The van der Waals surface area contributed by atoms with Crippen molar-refractivity contribution in [3.05, 3.63) is 54.6 Å². The summed E-state index contributed by atoms with van der Waals surface area (Å²) in [6.07, 6.45) is 4.04. The fraction of sp³-hybridized carbons (Fsp3) is 0.500. The van der Waals surface area contributed by atoms with Gasteiger partial charge in [0.05, 0.1) is 33.9 Å². The zero-order valence-corrected chi connectivity index (χ0v) is 21.7. The number of para-hydroxylation sites is 1. The van der Waals surface area contributed by atoms with Crippen molar-refractivity contribution in [3.63, 3.8) is 0 Å². The number of hydrogen-bond donors (Lipinski definition) is 1. The Morgan fingerprint density at radius 2 is 1.94 bits per heavy atom. The average molecular weight is 518 g/mol. The summed E-state index contributed by atoms with van der Waals surface area (Å²) in [6, 6.07) is 6.26. The number of likely N-dealkylation sites (tertiary alicyclic amines) is 1. The van der Waals surface area contributed by atoms with Crippen LogP contribution in [0, 0.1) is 17.8 Å². The Labute approximate surface area is 215 Å². The van der Waals surface area contributed by atoms with Crippen LogP contribution in [-0.4, -0.2) is 82.0 Å². The number of benzene rings is 1. The maximum absolute atomic E-state index is 14.3. The average Bonchev–Trinajstić information content (AvgIpc) is 3.42. The molecule has 3 amide bonds. The fourth-order valence-corrected chi connectivity index (χ4v) is 8.87. The Bertz CT molecular complexity index is 1050. The number of halogens is 1. The highest BCUT2D eigenvalue weighted by Crippen LogP contribution is 2.68. The quantitative estimate of drug-likeness (QED) is 0.509. The third-order valence-corrected chi connectivity index (χ3v) is 10.0. The highest BCUT2D eigenvalue weighted by atomic mass is 35.5. The molecule has 0 aliphatic carbocycles. The molecule has 0 aromatic heterocycles. The summed E-state index contributed by atoms with van der Waals surface area (Å²) in [5, 5.41) is 10.2. The lowest BCUT2D eigenvalue weighted by atomic mass is 9.65. The molecule has 6 atom stereocenters. The molecule has 4 rings (SSSR count). The van der Waals surface area contributed by atoms with Crippen LogP contribution in [0.15, 0.2) is 49.6 Å². The maximum atomic E-state index is 14.3. The second-order valence-corrected chi connectivity index (χ2v) is 11.5. The molecule has 3 saturated heterocycles. The summed E-state index contributed by atoms with van der Waals surface area (Å²) in [4.78, 5) is 46.4. The van der Waals surface area contributed by atoms with Gasteiger partial charge in [-0.05, 0) is 24.5 Å². The molecule has 2 bridgehead atoms. The van der Waals surface area contributed by atoms with Crippen molar-refractivity contribution >= 4 is 46.8 Å². The van der Waals surface area contributed by atoms with Gasteiger partial charge in [0.25, 0.3) is 5.91 Å². The number of anilines is 1. The van der Waals surface area contributed by atoms with Gasteiger partial charge in [0.15, 0.2) is 0 Å². The summed E-state index contributed by atoms with van der Waals surface area (Å²) in [6.45, 7) is 9.96. The Morgan fingerprint density at radius 3 is 2.57 bits per heavy atom. The predicted octanol–water partition coefficient (Wildman–Crippen LogP) is 2.83. The van der Waals surface area contributed by atoms with E-state index in [1.165, 1.54) is 4.90 Å². The summed E-state index contributed by atoms with van der Waals surface area (Å²) in [5.41, 5.74) is 0.541. The number of β-amino-alcohol motifs (C(OH)–C–C–N with tert-alkyl or cyclic N) is 1. The standard InChI is InChI=1S/C26H32ClN3O4S/c1-5-11-28(4)23(32)20-19-15-16(3)26(35-19)21(20)24(33)30(13-14-31)22(26)25(34)29(12-6-2)18-10-8-7-9-17(18)27/h5-10,16,19-22,31H,1-2,11-15H2,3-4H3/t16?,19-,20+,21+,22?,26?/m1/s1. The van der Waals surface area contributed by atoms with E-state index < -0.39 is 22.6 Å². The van der Waals surface area contributed by atoms with Crippen molar-refractivity contribution in [3.8, 4) is 0 Å². The summed E-state index contributed by atoms with van der Waals surface area (Å²) < 4.78 is -0.760. The number of nitrogens with zero attached hydrogens (tertiary/aromatic N) is 3. The van der Waals surface area contributed by atoms with E-state index in [1.807, 2.05) is 0 Å². The van der Waals surface area contributed by atoms with E-state index in [-0.39, 0.29) is 48.6 Å². The molecule has 3 aliphatic heterocycles.